The first kappa shape index (κ1) is 18.1. The largest absolute Gasteiger partial charge is 0.354 e. The Balaban J connectivity index is 0.00000218. The molecule has 0 radical (unpaired) electrons. The number of hydrogen-bond acceptors (Lipinski definition) is 4. The molecular weight excluding hydrogens is 379 g/mol. The van der Waals surface area contributed by atoms with Crippen LogP contribution in [0.4, 0.5) is 19.1 Å². The molecule has 3 heterocycles. The van der Waals surface area contributed by atoms with Crippen molar-refractivity contribution in [2.45, 2.75) is 38.0 Å². The Hall–Kier alpha value is -2.90. The second-order valence-electron chi connectivity index (χ2n) is 7.78. The fraction of sp³-hybridized carbons (Fsp3) is 0.381. The number of rotatable bonds is 4. The SMILES string of the molecule is Fc1cnc2ccc(C3=CCc4nc(NCC5CCC(F)(F)CC5)ncc43)cn12.[HH]. The van der Waals surface area contributed by atoms with Crippen LogP contribution in [0.25, 0.3) is 11.2 Å². The summed E-state index contributed by atoms with van der Waals surface area (Å²) in [6.07, 6.45) is 8.37. The smallest absolute Gasteiger partial charge is 0.248 e. The van der Waals surface area contributed by atoms with Gasteiger partial charge in [-0.05, 0) is 42.0 Å². The number of hydrogen-bond donors (Lipinski definition) is 1. The standard InChI is InChI=1S/C21H20F3N5.H2/c22-18-11-25-19-4-1-14(12-29(18)19)15-2-3-17-16(15)10-27-20(28-17)26-9-13-5-7-21(23,24)8-6-13;/h1-2,4,10-13H,3,5-9H2,(H,26,27,28);1H. The molecule has 0 unspecified atom stereocenters. The molecule has 152 valence electrons. The second-order valence-corrected chi connectivity index (χ2v) is 7.78. The lowest BCUT2D eigenvalue weighted by atomic mass is 9.87. The first-order valence-electron chi connectivity index (χ1n) is 9.80. The minimum absolute atomic E-state index is 0. The Morgan fingerprint density at radius 2 is 2.00 bits per heavy atom. The molecule has 0 aromatic carbocycles. The van der Waals surface area contributed by atoms with Crippen LogP contribution in [-0.2, 0) is 6.42 Å². The van der Waals surface area contributed by atoms with Gasteiger partial charge in [0.05, 0.1) is 11.9 Å². The van der Waals surface area contributed by atoms with Gasteiger partial charge in [-0.15, -0.1) is 0 Å². The molecule has 0 saturated heterocycles. The predicted molar refractivity (Wildman–Crippen MR) is 105 cm³/mol. The summed E-state index contributed by atoms with van der Waals surface area (Å²) in [6, 6.07) is 3.69. The van der Waals surface area contributed by atoms with Crippen LogP contribution >= 0.6 is 0 Å². The van der Waals surface area contributed by atoms with Gasteiger partial charge in [0, 0.05) is 45.2 Å². The Morgan fingerprint density at radius 3 is 2.83 bits per heavy atom. The van der Waals surface area contributed by atoms with Crippen molar-refractivity contribution in [2.24, 2.45) is 5.92 Å². The summed E-state index contributed by atoms with van der Waals surface area (Å²) >= 11 is 0. The lowest BCUT2D eigenvalue weighted by Crippen LogP contribution is -2.28. The quantitative estimate of drug-likeness (QED) is 0.686. The van der Waals surface area contributed by atoms with Gasteiger partial charge in [0.1, 0.15) is 5.65 Å². The third-order valence-corrected chi connectivity index (χ3v) is 5.81. The van der Waals surface area contributed by atoms with Gasteiger partial charge >= 0.3 is 0 Å². The number of pyridine rings is 1. The monoisotopic (exact) mass is 401 g/mol. The Labute approximate surface area is 167 Å². The molecule has 0 atom stereocenters. The van der Waals surface area contributed by atoms with Gasteiger partial charge in [0.2, 0.25) is 17.8 Å². The molecule has 8 heteroatoms. The Kier molecular flexibility index (Phi) is 4.29. The fourth-order valence-electron chi connectivity index (χ4n) is 4.11. The van der Waals surface area contributed by atoms with E-state index in [1.165, 1.54) is 10.6 Å². The molecule has 0 amide bonds. The normalized spacial score (nSPS) is 18.7. The van der Waals surface area contributed by atoms with Crippen molar-refractivity contribution in [3.8, 4) is 0 Å². The molecule has 0 spiro atoms. The van der Waals surface area contributed by atoms with E-state index in [1.54, 1.807) is 18.5 Å². The average Bonchev–Trinajstić information content (AvgIpc) is 3.30. The van der Waals surface area contributed by atoms with Gasteiger partial charge in [-0.1, -0.05) is 6.08 Å². The highest BCUT2D eigenvalue weighted by molar-refractivity contribution is 5.83. The number of halogens is 3. The highest BCUT2D eigenvalue weighted by atomic mass is 19.3. The van der Waals surface area contributed by atoms with Crippen LogP contribution < -0.4 is 5.32 Å². The maximum atomic E-state index is 13.8. The molecular formula is C21H22F3N5. The molecule has 3 aromatic heterocycles. The van der Waals surface area contributed by atoms with E-state index >= 15 is 0 Å². The third kappa shape index (κ3) is 3.47. The summed E-state index contributed by atoms with van der Waals surface area (Å²) in [4.78, 5) is 13.0. The molecule has 5 nitrogen and oxygen atoms in total. The maximum Gasteiger partial charge on any atom is 0.248 e. The Morgan fingerprint density at radius 1 is 1.17 bits per heavy atom. The summed E-state index contributed by atoms with van der Waals surface area (Å²) < 4.78 is 41.8. The number of fused-ring (bicyclic) bond motifs is 2. The first-order chi connectivity index (χ1) is 14.0. The summed E-state index contributed by atoms with van der Waals surface area (Å²) in [6.45, 7) is 0.603. The number of allylic oxidation sites excluding steroid dienone is 1. The molecule has 5 rings (SSSR count). The number of alkyl halides is 2. The minimum atomic E-state index is -2.51. The van der Waals surface area contributed by atoms with Gasteiger partial charge in [0.25, 0.3) is 0 Å². The molecule has 3 aromatic rings. The minimum Gasteiger partial charge on any atom is -0.354 e. The predicted octanol–water partition coefficient (Wildman–Crippen LogP) is 4.73. The average molecular weight is 401 g/mol. The first-order valence-corrected chi connectivity index (χ1v) is 9.80. The molecule has 1 N–H and O–H groups in total. The van der Waals surface area contributed by atoms with Crippen molar-refractivity contribution >= 4 is 17.2 Å². The number of nitrogens with zero attached hydrogens (tertiary/aromatic N) is 4. The van der Waals surface area contributed by atoms with Gasteiger partial charge < -0.3 is 5.32 Å². The zero-order valence-electron chi connectivity index (χ0n) is 15.7. The molecule has 0 bridgehead atoms. The Bertz CT molecular complexity index is 1100. The number of anilines is 1. The lowest BCUT2D eigenvalue weighted by Gasteiger charge is -2.28. The van der Waals surface area contributed by atoms with Crippen LogP contribution in [-0.4, -0.2) is 31.8 Å². The summed E-state index contributed by atoms with van der Waals surface area (Å²) in [7, 11) is 0. The van der Waals surface area contributed by atoms with E-state index in [0.717, 1.165) is 22.4 Å². The van der Waals surface area contributed by atoms with E-state index in [9.17, 15) is 13.2 Å². The highest BCUT2D eigenvalue weighted by Crippen LogP contribution is 2.36. The zero-order valence-corrected chi connectivity index (χ0v) is 15.7. The fourth-order valence-corrected chi connectivity index (χ4v) is 4.11. The van der Waals surface area contributed by atoms with E-state index in [2.05, 4.69) is 26.3 Å². The zero-order chi connectivity index (χ0) is 20.0. The van der Waals surface area contributed by atoms with Crippen LogP contribution in [0.1, 0.15) is 43.9 Å². The van der Waals surface area contributed by atoms with E-state index in [0.29, 0.717) is 37.4 Å². The van der Waals surface area contributed by atoms with Crippen molar-refractivity contribution in [3.05, 3.63) is 59.6 Å². The van der Waals surface area contributed by atoms with Gasteiger partial charge in [-0.2, -0.15) is 4.39 Å². The van der Waals surface area contributed by atoms with E-state index < -0.39 is 11.9 Å². The van der Waals surface area contributed by atoms with Crippen molar-refractivity contribution in [2.75, 3.05) is 11.9 Å². The van der Waals surface area contributed by atoms with Crippen molar-refractivity contribution < 1.29 is 14.6 Å². The summed E-state index contributed by atoms with van der Waals surface area (Å²) in [5.41, 5.74) is 4.23. The van der Waals surface area contributed by atoms with Crippen molar-refractivity contribution in [1.82, 2.24) is 19.4 Å². The second kappa shape index (κ2) is 6.86. The molecule has 2 aliphatic carbocycles. The maximum absolute atomic E-state index is 13.8. The van der Waals surface area contributed by atoms with Crippen LogP contribution in [0.3, 0.4) is 0 Å². The van der Waals surface area contributed by atoms with Crippen LogP contribution in [0, 0.1) is 11.9 Å². The lowest BCUT2D eigenvalue weighted by molar-refractivity contribution is -0.0443. The number of nitrogens with one attached hydrogen (secondary N) is 1. The molecule has 2 aliphatic rings. The topological polar surface area (TPSA) is 55.1 Å². The van der Waals surface area contributed by atoms with Crippen LogP contribution in [0.2, 0.25) is 0 Å². The molecule has 1 saturated carbocycles. The van der Waals surface area contributed by atoms with Crippen molar-refractivity contribution in [3.63, 3.8) is 0 Å². The van der Waals surface area contributed by atoms with Gasteiger partial charge in [0.15, 0.2) is 0 Å². The summed E-state index contributed by atoms with van der Waals surface area (Å²) in [5.74, 6) is -2.17. The number of aromatic nitrogens is 4. The summed E-state index contributed by atoms with van der Waals surface area (Å²) in [5, 5.41) is 3.20. The van der Waals surface area contributed by atoms with E-state index in [1.807, 2.05) is 6.07 Å². The van der Waals surface area contributed by atoms with Gasteiger partial charge in [-0.25, -0.2) is 23.7 Å². The van der Waals surface area contributed by atoms with E-state index in [4.69, 9.17) is 0 Å². The van der Waals surface area contributed by atoms with Crippen molar-refractivity contribution in [1.29, 1.82) is 0 Å². The third-order valence-electron chi connectivity index (χ3n) is 5.81. The van der Waals surface area contributed by atoms with Crippen LogP contribution in [0.5, 0.6) is 0 Å². The molecule has 0 aliphatic heterocycles. The van der Waals surface area contributed by atoms with E-state index in [-0.39, 0.29) is 20.2 Å². The van der Waals surface area contributed by atoms with Gasteiger partial charge in [-0.3, -0.25) is 4.40 Å². The highest BCUT2D eigenvalue weighted by Gasteiger charge is 2.34. The van der Waals surface area contributed by atoms with Crippen LogP contribution in [0.15, 0.2) is 36.8 Å². The molecule has 1 fully saturated rings. The number of imidazole rings is 1. The molecule has 29 heavy (non-hydrogen) atoms.